The van der Waals surface area contributed by atoms with Crippen molar-refractivity contribution in [3.05, 3.63) is 0 Å². The highest BCUT2D eigenvalue weighted by atomic mass is 15.2. The van der Waals surface area contributed by atoms with Crippen molar-refractivity contribution in [3.63, 3.8) is 0 Å². The Balaban J connectivity index is 2.00. The molecule has 2 heteroatoms. The van der Waals surface area contributed by atoms with Crippen LogP contribution in [-0.2, 0) is 0 Å². The molecule has 1 aliphatic carbocycles. The van der Waals surface area contributed by atoms with Crippen molar-refractivity contribution in [1.82, 2.24) is 10.2 Å². The first-order chi connectivity index (χ1) is 10.2. The molecule has 2 aliphatic rings. The molecule has 4 unspecified atom stereocenters. The fourth-order valence-corrected chi connectivity index (χ4v) is 4.62. The Kier molecular flexibility index (Phi) is 7.01. The lowest BCUT2D eigenvalue weighted by molar-refractivity contribution is 0.0851. The predicted octanol–water partition coefficient (Wildman–Crippen LogP) is 4.30. The number of hydrogen-bond acceptors (Lipinski definition) is 2. The molecule has 0 aromatic rings. The van der Waals surface area contributed by atoms with Crippen LogP contribution in [0.3, 0.4) is 0 Å². The summed E-state index contributed by atoms with van der Waals surface area (Å²) in [5.74, 6) is 2.78. The van der Waals surface area contributed by atoms with Gasteiger partial charge in [-0.3, -0.25) is 4.90 Å². The molecule has 0 aromatic carbocycles. The minimum absolute atomic E-state index is 0.739. The number of rotatable bonds is 5. The van der Waals surface area contributed by atoms with Gasteiger partial charge in [0.05, 0.1) is 0 Å². The fraction of sp³-hybridized carbons (Fsp3) is 1.00. The standard InChI is InChI=1S/C19H38N2/c1-5-16-8-7-12-21(13-11-16)19-14-17(15(3)4)9-10-18(19)20-6-2/h15-20H,5-14H2,1-4H3. The number of likely N-dealkylation sites (N-methyl/N-ethyl adjacent to an activating group) is 1. The van der Waals surface area contributed by atoms with E-state index in [0.717, 1.165) is 36.4 Å². The second-order valence-corrected chi connectivity index (χ2v) is 7.79. The zero-order valence-electron chi connectivity index (χ0n) is 14.9. The minimum Gasteiger partial charge on any atom is -0.313 e. The number of likely N-dealkylation sites (tertiary alicyclic amines) is 1. The molecule has 1 heterocycles. The van der Waals surface area contributed by atoms with Gasteiger partial charge in [-0.1, -0.05) is 34.1 Å². The summed E-state index contributed by atoms with van der Waals surface area (Å²) in [4.78, 5) is 2.86. The molecule has 1 N–H and O–H groups in total. The summed E-state index contributed by atoms with van der Waals surface area (Å²) < 4.78 is 0. The maximum Gasteiger partial charge on any atom is 0.0252 e. The van der Waals surface area contributed by atoms with Crippen LogP contribution in [0.1, 0.15) is 72.6 Å². The van der Waals surface area contributed by atoms with Crippen LogP contribution < -0.4 is 5.32 Å². The number of nitrogens with zero attached hydrogens (tertiary/aromatic N) is 1. The van der Waals surface area contributed by atoms with E-state index >= 15 is 0 Å². The normalized spacial score (nSPS) is 35.9. The van der Waals surface area contributed by atoms with Crippen LogP contribution in [0.2, 0.25) is 0 Å². The van der Waals surface area contributed by atoms with E-state index in [4.69, 9.17) is 0 Å². The van der Waals surface area contributed by atoms with E-state index in [1.54, 1.807) is 0 Å². The SMILES string of the molecule is CCNC1CCC(C(C)C)CC1N1CCCC(CC)CC1. The molecule has 0 aromatic heterocycles. The first-order valence-corrected chi connectivity index (χ1v) is 9.63. The lowest BCUT2D eigenvalue weighted by Crippen LogP contribution is -2.54. The monoisotopic (exact) mass is 294 g/mol. The van der Waals surface area contributed by atoms with Crippen LogP contribution in [-0.4, -0.2) is 36.6 Å². The van der Waals surface area contributed by atoms with Crippen molar-refractivity contribution in [1.29, 1.82) is 0 Å². The van der Waals surface area contributed by atoms with Crippen LogP contribution in [0.5, 0.6) is 0 Å². The predicted molar refractivity (Wildman–Crippen MR) is 92.6 cm³/mol. The third-order valence-corrected chi connectivity index (χ3v) is 6.19. The molecular weight excluding hydrogens is 256 g/mol. The molecule has 2 nitrogen and oxygen atoms in total. The molecule has 1 saturated heterocycles. The summed E-state index contributed by atoms with van der Waals surface area (Å²) in [6.45, 7) is 13.3. The van der Waals surface area contributed by atoms with E-state index in [2.05, 4.69) is 37.9 Å². The molecule has 0 bridgehead atoms. The Morgan fingerprint density at radius 1 is 1.05 bits per heavy atom. The van der Waals surface area contributed by atoms with Crippen molar-refractivity contribution in [2.75, 3.05) is 19.6 Å². The number of hydrogen-bond donors (Lipinski definition) is 1. The van der Waals surface area contributed by atoms with E-state index in [0.29, 0.717) is 0 Å². The molecule has 124 valence electrons. The average molecular weight is 295 g/mol. The molecule has 2 fully saturated rings. The van der Waals surface area contributed by atoms with E-state index in [9.17, 15) is 0 Å². The molecular formula is C19H38N2. The lowest BCUT2D eigenvalue weighted by atomic mass is 9.76. The van der Waals surface area contributed by atoms with Gasteiger partial charge in [-0.05, 0) is 75.9 Å². The number of nitrogens with one attached hydrogen (secondary N) is 1. The molecule has 2 rings (SSSR count). The van der Waals surface area contributed by atoms with Gasteiger partial charge in [0.2, 0.25) is 0 Å². The first-order valence-electron chi connectivity index (χ1n) is 9.63. The van der Waals surface area contributed by atoms with Gasteiger partial charge in [-0.15, -0.1) is 0 Å². The molecule has 0 amide bonds. The third kappa shape index (κ3) is 4.69. The van der Waals surface area contributed by atoms with Gasteiger partial charge >= 0.3 is 0 Å². The lowest BCUT2D eigenvalue weighted by Gasteiger charge is -2.44. The van der Waals surface area contributed by atoms with Crippen molar-refractivity contribution < 1.29 is 0 Å². The largest absolute Gasteiger partial charge is 0.313 e. The van der Waals surface area contributed by atoms with Crippen molar-refractivity contribution in [2.24, 2.45) is 17.8 Å². The van der Waals surface area contributed by atoms with Crippen molar-refractivity contribution in [3.8, 4) is 0 Å². The van der Waals surface area contributed by atoms with Gasteiger partial charge < -0.3 is 5.32 Å². The molecule has 1 aliphatic heterocycles. The highest BCUT2D eigenvalue weighted by molar-refractivity contribution is 4.92. The summed E-state index contributed by atoms with van der Waals surface area (Å²) in [5, 5.41) is 3.80. The maximum atomic E-state index is 3.80. The van der Waals surface area contributed by atoms with Gasteiger partial charge in [0.1, 0.15) is 0 Å². The van der Waals surface area contributed by atoms with E-state index < -0.39 is 0 Å². The fourth-order valence-electron chi connectivity index (χ4n) is 4.62. The van der Waals surface area contributed by atoms with Gasteiger partial charge in [-0.2, -0.15) is 0 Å². The van der Waals surface area contributed by atoms with Crippen LogP contribution in [0, 0.1) is 17.8 Å². The smallest absolute Gasteiger partial charge is 0.0252 e. The molecule has 21 heavy (non-hydrogen) atoms. The zero-order chi connectivity index (χ0) is 15.2. The highest BCUT2D eigenvalue weighted by Crippen LogP contribution is 2.34. The van der Waals surface area contributed by atoms with Crippen molar-refractivity contribution in [2.45, 2.75) is 84.7 Å². The Bertz CT molecular complexity index is 289. The Labute approximate surface area is 133 Å². The second kappa shape index (κ2) is 8.53. The van der Waals surface area contributed by atoms with Gasteiger partial charge in [-0.25, -0.2) is 0 Å². The molecule has 0 radical (unpaired) electrons. The minimum atomic E-state index is 0.739. The van der Waals surface area contributed by atoms with Crippen LogP contribution in [0.15, 0.2) is 0 Å². The van der Waals surface area contributed by atoms with Gasteiger partial charge in [0.15, 0.2) is 0 Å². The summed E-state index contributed by atoms with van der Waals surface area (Å²) in [7, 11) is 0. The molecule has 0 spiro atoms. The van der Waals surface area contributed by atoms with Crippen LogP contribution >= 0.6 is 0 Å². The second-order valence-electron chi connectivity index (χ2n) is 7.79. The Hall–Kier alpha value is -0.0800. The van der Waals surface area contributed by atoms with Gasteiger partial charge in [0.25, 0.3) is 0 Å². The van der Waals surface area contributed by atoms with E-state index in [-0.39, 0.29) is 0 Å². The van der Waals surface area contributed by atoms with Crippen LogP contribution in [0.25, 0.3) is 0 Å². The third-order valence-electron chi connectivity index (χ3n) is 6.19. The molecule has 1 saturated carbocycles. The van der Waals surface area contributed by atoms with E-state index in [1.165, 1.54) is 58.0 Å². The Morgan fingerprint density at radius 3 is 2.52 bits per heavy atom. The summed E-state index contributed by atoms with van der Waals surface area (Å²) >= 11 is 0. The highest BCUT2D eigenvalue weighted by Gasteiger charge is 2.35. The maximum absolute atomic E-state index is 3.80. The van der Waals surface area contributed by atoms with Crippen LogP contribution in [0.4, 0.5) is 0 Å². The Morgan fingerprint density at radius 2 is 1.86 bits per heavy atom. The summed E-state index contributed by atoms with van der Waals surface area (Å²) in [6, 6.07) is 1.53. The summed E-state index contributed by atoms with van der Waals surface area (Å²) in [5.41, 5.74) is 0. The average Bonchev–Trinajstić information content (AvgIpc) is 2.73. The topological polar surface area (TPSA) is 15.3 Å². The summed E-state index contributed by atoms with van der Waals surface area (Å²) in [6.07, 6.45) is 9.92. The zero-order valence-corrected chi connectivity index (χ0v) is 14.9. The van der Waals surface area contributed by atoms with E-state index in [1.807, 2.05) is 0 Å². The van der Waals surface area contributed by atoms with Crippen molar-refractivity contribution >= 4 is 0 Å². The molecule has 4 atom stereocenters. The quantitative estimate of drug-likeness (QED) is 0.813. The van der Waals surface area contributed by atoms with Gasteiger partial charge in [0, 0.05) is 12.1 Å². The first kappa shape index (κ1) is 17.3.